The SMILES string of the molecule is CCN(CC)C(=O)c1cccc(NC)n1. The summed E-state index contributed by atoms with van der Waals surface area (Å²) in [6.07, 6.45) is 0. The Balaban J connectivity index is 2.90. The lowest BCUT2D eigenvalue weighted by molar-refractivity contribution is 0.0767. The molecule has 4 heteroatoms. The Bertz CT molecular complexity index is 334. The Labute approximate surface area is 90.3 Å². The van der Waals surface area contributed by atoms with Crippen LogP contribution in [-0.4, -0.2) is 35.9 Å². The van der Waals surface area contributed by atoms with Gasteiger partial charge >= 0.3 is 0 Å². The molecule has 0 bridgehead atoms. The monoisotopic (exact) mass is 207 g/mol. The first kappa shape index (κ1) is 11.5. The third kappa shape index (κ3) is 2.68. The first-order valence-corrected chi connectivity index (χ1v) is 5.17. The molecule has 0 saturated carbocycles. The summed E-state index contributed by atoms with van der Waals surface area (Å²) in [5.74, 6) is 0.699. The normalized spacial score (nSPS) is 9.80. The molecular formula is C11H17N3O. The van der Waals surface area contributed by atoms with Gasteiger partial charge in [0.25, 0.3) is 5.91 Å². The second kappa shape index (κ2) is 5.34. The summed E-state index contributed by atoms with van der Waals surface area (Å²) in [5, 5.41) is 2.92. The Morgan fingerprint density at radius 1 is 1.40 bits per heavy atom. The van der Waals surface area contributed by atoms with Crippen LogP contribution in [0.4, 0.5) is 5.82 Å². The maximum absolute atomic E-state index is 11.9. The van der Waals surface area contributed by atoms with Gasteiger partial charge in [-0.25, -0.2) is 4.98 Å². The van der Waals surface area contributed by atoms with Gasteiger partial charge in [-0.15, -0.1) is 0 Å². The molecule has 1 amide bonds. The average molecular weight is 207 g/mol. The maximum Gasteiger partial charge on any atom is 0.272 e. The fourth-order valence-corrected chi connectivity index (χ4v) is 1.37. The van der Waals surface area contributed by atoms with Gasteiger partial charge in [0.05, 0.1) is 0 Å². The molecule has 0 radical (unpaired) electrons. The minimum Gasteiger partial charge on any atom is -0.373 e. The molecule has 1 heterocycles. The number of carbonyl (C=O) groups excluding carboxylic acids is 1. The molecule has 0 aliphatic heterocycles. The first-order valence-electron chi connectivity index (χ1n) is 5.17. The van der Waals surface area contributed by atoms with Crippen LogP contribution in [0.3, 0.4) is 0 Å². The molecule has 1 aromatic rings. The van der Waals surface area contributed by atoms with Crippen molar-refractivity contribution in [1.82, 2.24) is 9.88 Å². The molecule has 15 heavy (non-hydrogen) atoms. The Hall–Kier alpha value is -1.58. The van der Waals surface area contributed by atoms with Gasteiger partial charge in [0, 0.05) is 20.1 Å². The number of carbonyl (C=O) groups is 1. The zero-order chi connectivity index (χ0) is 11.3. The van der Waals surface area contributed by atoms with Gasteiger partial charge in [-0.2, -0.15) is 0 Å². The summed E-state index contributed by atoms with van der Waals surface area (Å²) in [6.45, 7) is 5.34. The third-order valence-corrected chi connectivity index (χ3v) is 2.28. The minimum atomic E-state index is -0.0166. The molecule has 1 aromatic heterocycles. The van der Waals surface area contributed by atoms with E-state index in [-0.39, 0.29) is 5.91 Å². The van der Waals surface area contributed by atoms with Crippen LogP contribution in [0, 0.1) is 0 Å². The number of aromatic nitrogens is 1. The van der Waals surface area contributed by atoms with Crippen LogP contribution >= 0.6 is 0 Å². The van der Waals surface area contributed by atoms with Crippen LogP contribution in [0.5, 0.6) is 0 Å². The average Bonchev–Trinajstić information content (AvgIpc) is 2.30. The van der Waals surface area contributed by atoms with Crippen molar-refractivity contribution < 1.29 is 4.79 Å². The van der Waals surface area contributed by atoms with Crippen molar-refractivity contribution in [3.8, 4) is 0 Å². The van der Waals surface area contributed by atoms with Gasteiger partial charge in [-0.3, -0.25) is 4.79 Å². The van der Waals surface area contributed by atoms with Crippen molar-refractivity contribution in [3.05, 3.63) is 23.9 Å². The summed E-state index contributed by atoms with van der Waals surface area (Å²) < 4.78 is 0. The molecule has 0 fully saturated rings. The van der Waals surface area contributed by atoms with Crippen molar-refractivity contribution in [2.24, 2.45) is 0 Å². The molecule has 4 nitrogen and oxygen atoms in total. The van der Waals surface area contributed by atoms with Crippen molar-refractivity contribution in [3.63, 3.8) is 0 Å². The zero-order valence-corrected chi connectivity index (χ0v) is 9.45. The van der Waals surface area contributed by atoms with E-state index in [2.05, 4.69) is 10.3 Å². The topological polar surface area (TPSA) is 45.2 Å². The highest BCUT2D eigenvalue weighted by Gasteiger charge is 2.13. The molecule has 1 N–H and O–H groups in total. The maximum atomic E-state index is 11.9. The number of hydrogen-bond donors (Lipinski definition) is 1. The number of anilines is 1. The third-order valence-electron chi connectivity index (χ3n) is 2.28. The lowest BCUT2D eigenvalue weighted by atomic mass is 10.3. The quantitative estimate of drug-likeness (QED) is 0.815. The molecular weight excluding hydrogens is 190 g/mol. The van der Waals surface area contributed by atoms with Crippen LogP contribution in [-0.2, 0) is 0 Å². The van der Waals surface area contributed by atoms with E-state index in [0.29, 0.717) is 24.6 Å². The second-order valence-corrected chi connectivity index (χ2v) is 3.14. The molecule has 0 spiro atoms. The largest absolute Gasteiger partial charge is 0.373 e. The molecule has 0 saturated heterocycles. The molecule has 0 aliphatic carbocycles. The summed E-state index contributed by atoms with van der Waals surface area (Å²) in [7, 11) is 1.79. The Morgan fingerprint density at radius 3 is 2.60 bits per heavy atom. The van der Waals surface area contributed by atoms with E-state index in [1.54, 1.807) is 18.0 Å². The van der Waals surface area contributed by atoms with Crippen molar-refractivity contribution >= 4 is 11.7 Å². The van der Waals surface area contributed by atoms with E-state index >= 15 is 0 Å². The molecule has 0 aromatic carbocycles. The standard InChI is InChI=1S/C11H17N3O/c1-4-14(5-2)11(15)9-7-6-8-10(12-3)13-9/h6-8H,4-5H2,1-3H3,(H,12,13). The zero-order valence-electron chi connectivity index (χ0n) is 9.45. The highest BCUT2D eigenvalue weighted by molar-refractivity contribution is 5.92. The molecule has 82 valence electrons. The lowest BCUT2D eigenvalue weighted by Crippen LogP contribution is -2.31. The van der Waals surface area contributed by atoms with E-state index in [1.807, 2.05) is 26.0 Å². The van der Waals surface area contributed by atoms with Crippen LogP contribution in [0.15, 0.2) is 18.2 Å². The van der Waals surface area contributed by atoms with Crippen molar-refractivity contribution in [2.75, 3.05) is 25.5 Å². The molecule has 0 aliphatic rings. The van der Waals surface area contributed by atoms with Gasteiger partial charge in [0.1, 0.15) is 11.5 Å². The fourth-order valence-electron chi connectivity index (χ4n) is 1.37. The van der Waals surface area contributed by atoms with Gasteiger partial charge < -0.3 is 10.2 Å². The molecule has 0 unspecified atom stereocenters. The summed E-state index contributed by atoms with van der Waals surface area (Å²) in [6, 6.07) is 5.40. The highest BCUT2D eigenvalue weighted by Crippen LogP contribution is 2.06. The number of nitrogens with one attached hydrogen (secondary N) is 1. The number of hydrogen-bond acceptors (Lipinski definition) is 3. The van der Waals surface area contributed by atoms with Crippen LogP contribution in [0.2, 0.25) is 0 Å². The van der Waals surface area contributed by atoms with Gasteiger partial charge in [-0.1, -0.05) is 6.07 Å². The van der Waals surface area contributed by atoms with E-state index in [1.165, 1.54) is 0 Å². The van der Waals surface area contributed by atoms with Gasteiger partial charge in [0.2, 0.25) is 0 Å². The fraction of sp³-hybridized carbons (Fsp3) is 0.455. The first-order chi connectivity index (χ1) is 7.22. The Morgan fingerprint density at radius 2 is 2.07 bits per heavy atom. The number of amides is 1. The predicted octanol–water partition coefficient (Wildman–Crippen LogP) is 1.61. The van der Waals surface area contributed by atoms with E-state index in [9.17, 15) is 4.79 Å². The summed E-state index contributed by atoms with van der Waals surface area (Å²) in [4.78, 5) is 17.9. The van der Waals surface area contributed by atoms with Crippen LogP contribution in [0.1, 0.15) is 24.3 Å². The van der Waals surface area contributed by atoms with E-state index in [0.717, 1.165) is 0 Å². The molecule has 0 atom stereocenters. The minimum absolute atomic E-state index is 0.0166. The predicted molar refractivity (Wildman–Crippen MR) is 61.0 cm³/mol. The van der Waals surface area contributed by atoms with Gasteiger partial charge in [-0.05, 0) is 26.0 Å². The van der Waals surface area contributed by atoms with Crippen molar-refractivity contribution in [1.29, 1.82) is 0 Å². The summed E-state index contributed by atoms with van der Waals surface area (Å²) >= 11 is 0. The molecule has 1 rings (SSSR count). The number of pyridine rings is 1. The number of rotatable bonds is 4. The van der Waals surface area contributed by atoms with Crippen LogP contribution < -0.4 is 5.32 Å². The Kier molecular flexibility index (Phi) is 4.09. The second-order valence-electron chi connectivity index (χ2n) is 3.14. The number of nitrogens with zero attached hydrogens (tertiary/aromatic N) is 2. The van der Waals surface area contributed by atoms with Gasteiger partial charge in [0.15, 0.2) is 0 Å². The smallest absolute Gasteiger partial charge is 0.272 e. The van der Waals surface area contributed by atoms with E-state index in [4.69, 9.17) is 0 Å². The summed E-state index contributed by atoms with van der Waals surface area (Å²) in [5.41, 5.74) is 0.491. The van der Waals surface area contributed by atoms with E-state index < -0.39 is 0 Å². The van der Waals surface area contributed by atoms with Crippen molar-refractivity contribution in [2.45, 2.75) is 13.8 Å². The van der Waals surface area contributed by atoms with Crippen LogP contribution in [0.25, 0.3) is 0 Å². The lowest BCUT2D eigenvalue weighted by Gasteiger charge is -2.18. The highest BCUT2D eigenvalue weighted by atomic mass is 16.2.